The van der Waals surface area contributed by atoms with Crippen LogP contribution in [0.15, 0.2) is 83.5 Å². The van der Waals surface area contributed by atoms with Crippen LogP contribution in [0.4, 0.5) is 0 Å². The lowest BCUT2D eigenvalue weighted by atomic mass is 9.96. The fourth-order valence-corrected chi connectivity index (χ4v) is 4.16. The predicted molar refractivity (Wildman–Crippen MR) is 130 cm³/mol. The van der Waals surface area contributed by atoms with Crippen LogP contribution in [0, 0.1) is 0 Å². The highest BCUT2D eigenvalue weighted by atomic mass is 79.9. The first-order valence-electron chi connectivity index (χ1n) is 10.5. The van der Waals surface area contributed by atoms with E-state index in [4.69, 9.17) is 9.47 Å². The van der Waals surface area contributed by atoms with Gasteiger partial charge in [0.15, 0.2) is 6.61 Å². The average molecular weight is 493 g/mol. The van der Waals surface area contributed by atoms with Crippen molar-refractivity contribution < 1.29 is 14.3 Å². The van der Waals surface area contributed by atoms with Gasteiger partial charge in [0.1, 0.15) is 11.5 Å². The molecule has 4 aromatic rings. The molecule has 32 heavy (non-hydrogen) atoms. The number of nitrogens with zero attached hydrogens (tertiary/aromatic N) is 1. The first-order chi connectivity index (χ1) is 15.6. The van der Waals surface area contributed by atoms with Crippen molar-refractivity contribution in [3.05, 3.63) is 94.6 Å². The Kier molecular flexibility index (Phi) is 6.81. The number of methoxy groups -OCH3 is 1. The maximum Gasteiger partial charge on any atom is 0.261 e. The number of aromatic nitrogens is 1. The molecule has 0 aliphatic rings. The predicted octanol–water partition coefficient (Wildman–Crippen LogP) is 5.96. The van der Waals surface area contributed by atoms with Crippen molar-refractivity contribution in [1.82, 2.24) is 9.88 Å². The third kappa shape index (κ3) is 4.65. The molecule has 1 amide bonds. The summed E-state index contributed by atoms with van der Waals surface area (Å²) in [7, 11) is 1.65. The first kappa shape index (κ1) is 22.0. The van der Waals surface area contributed by atoms with Gasteiger partial charge in [0.05, 0.1) is 13.2 Å². The van der Waals surface area contributed by atoms with Crippen LogP contribution < -0.4 is 9.47 Å². The minimum Gasteiger partial charge on any atom is -0.497 e. The number of hydrogen-bond acceptors (Lipinski definition) is 3. The summed E-state index contributed by atoms with van der Waals surface area (Å²) in [4.78, 5) is 18.5. The number of aromatic amines is 1. The molecule has 1 N–H and O–H groups in total. The Morgan fingerprint density at radius 1 is 1.00 bits per heavy atom. The Labute approximate surface area is 196 Å². The zero-order valence-corrected chi connectivity index (χ0v) is 19.6. The fourth-order valence-electron chi connectivity index (χ4n) is 3.90. The molecule has 0 radical (unpaired) electrons. The van der Waals surface area contributed by atoms with Gasteiger partial charge in [-0.15, -0.1) is 0 Å². The van der Waals surface area contributed by atoms with Crippen molar-refractivity contribution >= 4 is 32.7 Å². The number of hydrogen-bond donors (Lipinski definition) is 1. The second kappa shape index (κ2) is 9.92. The Morgan fingerprint density at radius 2 is 1.69 bits per heavy atom. The highest BCUT2D eigenvalue weighted by Gasteiger charge is 2.28. The molecule has 0 fully saturated rings. The van der Waals surface area contributed by atoms with Crippen molar-refractivity contribution in [2.75, 3.05) is 20.3 Å². The average Bonchev–Trinajstić information content (AvgIpc) is 3.26. The number of carbonyl (C=O) groups excluding carboxylic acids is 1. The van der Waals surface area contributed by atoms with Gasteiger partial charge in [0.2, 0.25) is 0 Å². The number of carbonyl (C=O) groups is 1. The first-order valence-corrected chi connectivity index (χ1v) is 11.3. The van der Waals surface area contributed by atoms with Crippen LogP contribution in [0.3, 0.4) is 0 Å². The van der Waals surface area contributed by atoms with E-state index in [1.54, 1.807) is 7.11 Å². The molecule has 6 heteroatoms. The van der Waals surface area contributed by atoms with Gasteiger partial charge in [-0.05, 0) is 55.0 Å². The topological polar surface area (TPSA) is 54.6 Å². The minimum atomic E-state index is -0.261. The number of ether oxygens (including phenoxy) is 2. The molecule has 0 unspecified atom stereocenters. The van der Waals surface area contributed by atoms with E-state index in [0.717, 1.165) is 32.3 Å². The second-order valence-corrected chi connectivity index (χ2v) is 8.30. The number of rotatable bonds is 8. The number of likely N-dealkylation sites (N-methyl/N-ethyl adjacent to an activating group) is 1. The van der Waals surface area contributed by atoms with Crippen LogP contribution in [0.5, 0.6) is 11.5 Å². The van der Waals surface area contributed by atoms with Gasteiger partial charge in [-0.2, -0.15) is 0 Å². The lowest BCUT2D eigenvalue weighted by molar-refractivity contribution is -0.134. The molecule has 0 spiro atoms. The molecule has 0 aliphatic heterocycles. The number of para-hydroxylation sites is 1. The van der Waals surface area contributed by atoms with Crippen molar-refractivity contribution in [1.29, 1.82) is 0 Å². The Morgan fingerprint density at radius 3 is 2.38 bits per heavy atom. The summed E-state index contributed by atoms with van der Waals surface area (Å²) in [6, 6.07) is 23.2. The molecule has 0 saturated heterocycles. The van der Waals surface area contributed by atoms with Gasteiger partial charge >= 0.3 is 0 Å². The van der Waals surface area contributed by atoms with E-state index in [2.05, 4.69) is 27.0 Å². The molecule has 1 aromatic heterocycles. The zero-order chi connectivity index (χ0) is 22.5. The van der Waals surface area contributed by atoms with E-state index in [0.29, 0.717) is 12.3 Å². The van der Waals surface area contributed by atoms with E-state index in [1.807, 2.05) is 84.8 Å². The maximum atomic E-state index is 13.3. The highest BCUT2D eigenvalue weighted by molar-refractivity contribution is 9.10. The smallest absolute Gasteiger partial charge is 0.261 e. The molecule has 0 aliphatic carbocycles. The number of H-pyrrole nitrogens is 1. The maximum absolute atomic E-state index is 13.3. The molecule has 4 rings (SSSR count). The lowest BCUT2D eigenvalue weighted by Gasteiger charge is -2.31. The molecule has 1 atom stereocenters. The summed E-state index contributed by atoms with van der Waals surface area (Å²) in [5.74, 6) is 1.35. The third-order valence-corrected chi connectivity index (χ3v) is 6.02. The second-order valence-electron chi connectivity index (χ2n) is 7.39. The molecular formula is C26H25BrN2O3. The van der Waals surface area contributed by atoms with Gasteiger partial charge in [-0.3, -0.25) is 4.79 Å². The van der Waals surface area contributed by atoms with Crippen molar-refractivity contribution in [3.63, 3.8) is 0 Å². The SMILES string of the molecule is CCN(C(=O)COc1ccc(Br)cc1)[C@@H](c1ccc(OC)cc1)c1c[nH]c2ccccc12. The summed E-state index contributed by atoms with van der Waals surface area (Å²) in [6.07, 6.45) is 1.99. The van der Waals surface area contributed by atoms with E-state index >= 15 is 0 Å². The van der Waals surface area contributed by atoms with Gasteiger partial charge in [-0.25, -0.2) is 0 Å². The third-order valence-electron chi connectivity index (χ3n) is 5.50. The largest absolute Gasteiger partial charge is 0.497 e. The molecule has 1 heterocycles. The van der Waals surface area contributed by atoms with Crippen molar-refractivity contribution in [2.24, 2.45) is 0 Å². The molecular weight excluding hydrogens is 468 g/mol. The summed E-state index contributed by atoms with van der Waals surface area (Å²) in [6.45, 7) is 2.49. The standard InChI is InChI=1S/C26H25BrN2O3/c1-3-29(25(30)17-32-21-14-10-19(27)11-15-21)26(18-8-12-20(31-2)13-9-18)23-16-28-24-7-5-4-6-22(23)24/h4-16,26,28H,3,17H2,1-2H3/t26-/m0/s1. The Balaban J connectivity index is 1.68. The minimum absolute atomic E-state index is 0.0372. The van der Waals surface area contributed by atoms with Crippen LogP contribution in [-0.2, 0) is 4.79 Å². The summed E-state index contributed by atoms with van der Waals surface area (Å²) in [5.41, 5.74) is 3.09. The highest BCUT2D eigenvalue weighted by Crippen LogP contribution is 2.34. The fraction of sp³-hybridized carbons (Fsp3) is 0.192. The molecule has 0 bridgehead atoms. The van der Waals surface area contributed by atoms with Gasteiger partial charge < -0.3 is 19.4 Å². The lowest BCUT2D eigenvalue weighted by Crippen LogP contribution is -2.38. The van der Waals surface area contributed by atoms with Crippen LogP contribution in [-0.4, -0.2) is 36.1 Å². The van der Waals surface area contributed by atoms with E-state index in [9.17, 15) is 4.79 Å². The summed E-state index contributed by atoms with van der Waals surface area (Å²) >= 11 is 3.41. The number of benzene rings is 3. The van der Waals surface area contributed by atoms with Gasteiger partial charge in [0.25, 0.3) is 5.91 Å². The van der Waals surface area contributed by atoms with E-state index < -0.39 is 0 Å². The molecule has 3 aromatic carbocycles. The Hall–Kier alpha value is -3.25. The zero-order valence-electron chi connectivity index (χ0n) is 18.0. The molecule has 0 saturated carbocycles. The number of fused-ring (bicyclic) bond motifs is 1. The number of nitrogens with one attached hydrogen (secondary N) is 1. The number of halogens is 1. The molecule has 5 nitrogen and oxygen atoms in total. The summed E-state index contributed by atoms with van der Waals surface area (Å²) in [5, 5.41) is 1.09. The number of amides is 1. The van der Waals surface area contributed by atoms with Crippen LogP contribution >= 0.6 is 15.9 Å². The quantitative estimate of drug-likeness (QED) is 0.330. The normalized spacial score (nSPS) is 11.8. The van der Waals surface area contributed by atoms with Crippen molar-refractivity contribution in [3.8, 4) is 11.5 Å². The summed E-state index contributed by atoms with van der Waals surface area (Å²) < 4.78 is 12.1. The van der Waals surface area contributed by atoms with Gasteiger partial charge in [0, 0.05) is 33.7 Å². The van der Waals surface area contributed by atoms with E-state index in [1.165, 1.54) is 0 Å². The van der Waals surface area contributed by atoms with Gasteiger partial charge in [-0.1, -0.05) is 46.3 Å². The van der Waals surface area contributed by atoms with Crippen LogP contribution in [0.2, 0.25) is 0 Å². The monoisotopic (exact) mass is 492 g/mol. The van der Waals surface area contributed by atoms with E-state index in [-0.39, 0.29) is 18.6 Å². The Bertz CT molecular complexity index is 1190. The van der Waals surface area contributed by atoms with Crippen LogP contribution in [0.25, 0.3) is 10.9 Å². The molecule has 164 valence electrons. The van der Waals surface area contributed by atoms with Crippen molar-refractivity contribution in [2.45, 2.75) is 13.0 Å². The van der Waals surface area contributed by atoms with Crippen LogP contribution in [0.1, 0.15) is 24.1 Å².